The Morgan fingerprint density at radius 3 is 2.42 bits per heavy atom. The van der Waals surface area contributed by atoms with E-state index in [4.69, 9.17) is 4.74 Å². The normalized spacial score (nSPS) is 20.2. The van der Waals surface area contributed by atoms with Crippen molar-refractivity contribution < 1.29 is 19.1 Å². The van der Waals surface area contributed by atoms with E-state index in [9.17, 15) is 14.4 Å². The van der Waals surface area contributed by atoms with Crippen LogP contribution in [-0.4, -0.2) is 65.3 Å². The topological polar surface area (TPSA) is 79.0 Å². The number of amides is 3. The predicted molar refractivity (Wildman–Crippen MR) is 119 cm³/mol. The summed E-state index contributed by atoms with van der Waals surface area (Å²) in [6.07, 6.45) is 1.70. The van der Waals surface area contributed by atoms with E-state index in [1.54, 1.807) is 9.80 Å². The Labute approximate surface area is 185 Å². The quantitative estimate of drug-likeness (QED) is 0.780. The van der Waals surface area contributed by atoms with Crippen LogP contribution < -0.4 is 10.1 Å². The molecule has 2 heterocycles. The number of rotatable bonds is 5. The third-order valence-electron chi connectivity index (χ3n) is 6.18. The van der Waals surface area contributed by atoms with Crippen molar-refractivity contribution in [2.75, 3.05) is 26.2 Å². The number of piperidine rings is 1. The van der Waals surface area contributed by atoms with Crippen molar-refractivity contribution >= 4 is 17.7 Å². The van der Waals surface area contributed by atoms with Crippen molar-refractivity contribution in [3.8, 4) is 5.75 Å². The summed E-state index contributed by atoms with van der Waals surface area (Å²) in [7, 11) is 0. The molecule has 3 rings (SSSR count). The lowest BCUT2D eigenvalue weighted by Gasteiger charge is -2.33. The molecule has 0 aromatic heterocycles. The van der Waals surface area contributed by atoms with Crippen LogP contribution in [0.15, 0.2) is 18.2 Å². The molecule has 0 radical (unpaired) electrons. The predicted octanol–water partition coefficient (Wildman–Crippen LogP) is 2.44. The van der Waals surface area contributed by atoms with Crippen molar-refractivity contribution in [1.29, 1.82) is 0 Å². The Hall–Kier alpha value is -2.57. The van der Waals surface area contributed by atoms with Crippen LogP contribution in [0.3, 0.4) is 0 Å². The smallest absolute Gasteiger partial charge is 0.260 e. The van der Waals surface area contributed by atoms with E-state index < -0.39 is 0 Å². The Bertz CT molecular complexity index is 838. The van der Waals surface area contributed by atoms with Crippen LogP contribution in [0.25, 0.3) is 0 Å². The maximum atomic E-state index is 12.7. The van der Waals surface area contributed by atoms with E-state index in [1.165, 1.54) is 0 Å². The zero-order valence-corrected chi connectivity index (χ0v) is 19.4. The molecule has 7 nitrogen and oxygen atoms in total. The lowest BCUT2D eigenvalue weighted by molar-refractivity contribution is -0.135. The van der Waals surface area contributed by atoms with Gasteiger partial charge in [-0.05, 0) is 59.1 Å². The SMILES string of the molecule is Cc1ccc(OCC(=O)N2CCC(NC(=O)C3CC(=O)N(C(C)(C)C)C3)CC2)c(C)c1. The second kappa shape index (κ2) is 9.28. The minimum Gasteiger partial charge on any atom is -0.484 e. The molecule has 1 aromatic rings. The van der Waals surface area contributed by atoms with Gasteiger partial charge in [0.15, 0.2) is 6.61 Å². The number of benzene rings is 1. The fourth-order valence-corrected chi connectivity index (χ4v) is 4.32. The van der Waals surface area contributed by atoms with Crippen LogP contribution >= 0.6 is 0 Å². The summed E-state index contributed by atoms with van der Waals surface area (Å²) in [4.78, 5) is 41.0. The summed E-state index contributed by atoms with van der Waals surface area (Å²) in [6.45, 7) is 11.6. The van der Waals surface area contributed by atoms with Gasteiger partial charge in [-0.2, -0.15) is 0 Å². The van der Waals surface area contributed by atoms with Crippen LogP contribution in [0.4, 0.5) is 0 Å². The molecule has 2 aliphatic rings. The standard InChI is InChI=1S/C24H35N3O4/c1-16-6-7-20(17(2)12-16)31-15-22(29)26-10-8-19(9-11-26)25-23(30)18-13-21(28)27(14-18)24(3,4)5/h6-7,12,18-19H,8-11,13-15H2,1-5H3,(H,25,30). The minimum atomic E-state index is -0.294. The Morgan fingerprint density at radius 1 is 1.16 bits per heavy atom. The number of hydrogen-bond acceptors (Lipinski definition) is 4. The van der Waals surface area contributed by atoms with E-state index in [-0.39, 0.29) is 48.2 Å². The molecule has 1 atom stereocenters. The Kier molecular flexibility index (Phi) is 6.92. The molecule has 0 spiro atoms. The highest BCUT2D eigenvalue weighted by atomic mass is 16.5. The van der Waals surface area contributed by atoms with Crippen LogP contribution in [0.5, 0.6) is 5.75 Å². The molecule has 170 valence electrons. The summed E-state index contributed by atoms with van der Waals surface area (Å²) in [6, 6.07) is 5.94. The monoisotopic (exact) mass is 429 g/mol. The number of likely N-dealkylation sites (tertiary alicyclic amines) is 2. The van der Waals surface area contributed by atoms with Gasteiger partial charge in [0.25, 0.3) is 5.91 Å². The first kappa shape index (κ1) is 23.1. The van der Waals surface area contributed by atoms with Crippen molar-refractivity contribution in [2.24, 2.45) is 5.92 Å². The van der Waals surface area contributed by atoms with Crippen LogP contribution in [0, 0.1) is 19.8 Å². The lowest BCUT2D eigenvalue weighted by Crippen LogP contribution is -2.49. The molecular formula is C24H35N3O4. The molecule has 1 aromatic carbocycles. The van der Waals surface area contributed by atoms with Gasteiger partial charge in [-0.1, -0.05) is 17.7 Å². The maximum Gasteiger partial charge on any atom is 0.260 e. The molecule has 7 heteroatoms. The van der Waals surface area contributed by atoms with Crippen LogP contribution in [0.1, 0.15) is 51.2 Å². The molecule has 0 aliphatic carbocycles. The molecule has 0 bridgehead atoms. The molecule has 2 saturated heterocycles. The highest BCUT2D eigenvalue weighted by Crippen LogP contribution is 2.26. The fraction of sp³-hybridized carbons (Fsp3) is 0.625. The number of nitrogens with one attached hydrogen (secondary N) is 1. The minimum absolute atomic E-state index is 0.0216. The summed E-state index contributed by atoms with van der Waals surface area (Å²) >= 11 is 0. The maximum absolute atomic E-state index is 12.7. The van der Waals surface area contributed by atoms with Crippen molar-refractivity contribution in [3.63, 3.8) is 0 Å². The summed E-state index contributed by atoms with van der Waals surface area (Å²) in [5, 5.41) is 3.10. The molecule has 1 unspecified atom stereocenters. The van der Waals surface area contributed by atoms with E-state index in [0.29, 0.717) is 32.5 Å². The van der Waals surface area contributed by atoms with Gasteiger partial charge in [-0.25, -0.2) is 0 Å². The molecule has 2 fully saturated rings. The zero-order valence-electron chi connectivity index (χ0n) is 19.4. The average Bonchev–Trinajstić information content (AvgIpc) is 3.10. The largest absolute Gasteiger partial charge is 0.484 e. The molecule has 2 aliphatic heterocycles. The highest BCUT2D eigenvalue weighted by Gasteiger charge is 2.40. The van der Waals surface area contributed by atoms with Gasteiger partial charge >= 0.3 is 0 Å². The third kappa shape index (κ3) is 5.77. The summed E-state index contributed by atoms with van der Waals surface area (Å²) in [5.41, 5.74) is 1.91. The number of carbonyl (C=O) groups is 3. The van der Waals surface area contributed by atoms with Crippen molar-refractivity contribution in [1.82, 2.24) is 15.1 Å². The number of carbonyl (C=O) groups excluding carboxylic acids is 3. The molecular weight excluding hydrogens is 394 g/mol. The zero-order chi connectivity index (χ0) is 22.8. The van der Waals surface area contributed by atoms with E-state index >= 15 is 0 Å². The summed E-state index contributed by atoms with van der Waals surface area (Å²) in [5.74, 6) is 0.390. The van der Waals surface area contributed by atoms with Crippen LogP contribution in [-0.2, 0) is 14.4 Å². The number of hydrogen-bond donors (Lipinski definition) is 1. The number of aryl methyl sites for hydroxylation is 2. The Balaban J connectivity index is 1.42. The van der Waals surface area contributed by atoms with Gasteiger partial charge in [-0.3, -0.25) is 14.4 Å². The lowest BCUT2D eigenvalue weighted by atomic mass is 10.0. The first-order chi connectivity index (χ1) is 14.5. The molecule has 1 N–H and O–H groups in total. The van der Waals surface area contributed by atoms with Crippen molar-refractivity contribution in [3.05, 3.63) is 29.3 Å². The Morgan fingerprint density at radius 2 is 1.84 bits per heavy atom. The van der Waals surface area contributed by atoms with E-state index in [2.05, 4.69) is 5.32 Å². The van der Waals surface area contributed by atoms with Gasteiger partial charge < -0.3 is 19.9 Å². The molecule has 31 heavy (non-hydrogen) atoms. The van der Waals surface area contributed by atoms with Gasteiger partial charge in [0.2, 0.25) is 11.8 Å². The highest BCUT2D eigenvalue weighted by molar-refractivity contribution is 5.89. The fourth-order valence-electron chi connectivity index (χ4n) is 4.32. The van der Waals surface area contributed by atoms with E-state index in [1.807, 2.05) is 52.8 Å². The average molecular weight is 430 g/mol. The van der Waals surface area contributed by atoms with Gasteiger partial charge in [0.05, 0.1) is 5.92 Å². The van der Waals surface area contributed by atoms with Crippen molar-refractivity contribution in [2.45, 2.75) is 65.5 Å². The molecule has 0 saturated carbocycles. The third-order valence-corrected chi connectivity index (χ3v) is 6.18. The second-order valence-corrected chi connectivity index (χ2v) is 9.80. The first-order valence-electron chi connectivity index (χ1n) is 11.1. The van der Waals surface area contributed by atoms with Gasteiger partial charge in [0.1, 0.15) is 5.75 Å². The van der Waals surface area contributed by atoms with Crippen LogP contribution in [0.2, 0.25) is 0 Å². The second-order valence-electron chi connectivity index (χ2n) is 9.80. The van der Waals surface area contributed by atoms with Gasteiger partial charge in [-0.15, -0.1) is 0 Å². The number of ether oxygens (including phenoxy) is 1. The number of nitrogens with zero attached hydrogens (tertiary/aromatic N) is 2. The first-order valence-corrected chi connectivity index (χ1v) is 11.1. The summed E-state index contributed by atoms with van der Waals surface area (Å²) < 4.78 is 5.72. The van der Waals surface area contributed by atoms with Gasteiger partial charge in [0, 0.05) is 37.6 Å². The molecule has 3 amide bonds. The van der Waals surface area contributed by atoms with E-state index in [0.717, 1.165) is 16.9 Å².